The molecule has 9 heterocycles. The smallest absolute Gasteiger partial charge is 0.256 e. The van der Waals surface area contributed by atoms with E-state index in [2.05, 4.69) is 216 Å². The summed E-state index contributed by atoms with van der Waals surface area (Å²) in [7, 11) is 16.1. The molecule has 1 saturated heterocycles. The van der Waals surface area contributed by atoms with Crippen LogP contribution in [0, 0.1) is 0 Å². The van der Waals surface area contributed by atoms with E-state index in [0.717, 1.165) is 188 Å². The molecule has 4 aliphatic rings. The SMILES string of the molecule is CCNC(=O)c1cn(-c2ccc3c(c2)CCC3)c2nc(Nc3cccc(CCCN(C)C)c3)ncc2c1=O.CN(C)CCCc1cccc(Nc2ncc3c(=O)c(C(N)=O)cn(-c4ccc5c(c4)CCC5)c3n2)c1.CN1CCN(c2ccc(Nc3ncc4c(=O)c(C(N)=O)cn(Cc5ccccc5)c4n3)cc2)CC1.CNC(=O)c1cn(-c2ccc3c(c2)CCC3)c2nc(Nc3cccc(CCCN(C)C)c3)ncc2c1=O. The summed E-state index contributed by atoms with van der Waals surface area (Å²) in [5.41, 5.74) is 30.8. The zero-order chi connectivity index (χ0) is 102. The van der Waals surface area contributed by atoms with Crippen LogP contribution in [0.1, 0.15) is 143 Å². The van der Waals surface area contributed by atoms with Crippen molar-refractivity contribution in [2.45, 2.75) is 110 Å². The molecule has 16 aromatic rings. The average molecular weight is 1960 g/mol. The van der Waals surface area contributed by atoms with Crippen LogP contribution >= 0.6 is 0 Å². The molecular weight excluding hydrogens is 1840 g/mol. The van der Waals surface area contributed by atoms with Gasteiger partial charge in [0.2, 0.25) is 45.5 Å². The van der Waals surface area contributed by atoms with Gasteiger partial charge in [-0.25, -0.2) is 19.9 Å². The Hall–Kier alpha value is -16.4. The molecule has 748 valence electrons. The van der Waals surface area contributed by atoms with Crippen molar-refractivity contribution in [3.8, 4) is 17.1 Å². The van der Waals surface area contributed by atoms with Crippen molar-refractivity contribution in [1.29, 1.82) is 0 Å². The Morgan fingerprint density at radius 2 is 0.705 bits per heavy atom. The van der Waals surface area contributed by atoms with E-state index in [1.54, 1.807) is 21.5 Å². The Morgan fingerprint density at radius 3 is 1.09 bits per heavy atom. The molecule has 20 rings (SSSR count). The Morgan fingerprint density at radius 1 is 0.363 bits per heavy atom. The summed E-state index contributed by atoms with van der Waals surface area (Å²) in [6.07, 6.45) is 27.9. The van der Waals surface area contributed by atoms with Crippen LogP contribution in [0.5, 0.6) is 0 Å². The lowest BCUT2D eigenvalue weighted by molar-refractivity contribution is 0.0948. The number of aromatic nitrogens is 12. The summed E-state index contributed by atoms with van der Waals surface area (Å²) in [5, 5.41) is 19.5. The number of fused-ring (bicyclic) bond motifs is 7. The first-order valence-electron chi connectivity index (χ1n) is 49.7. The van der Waals surface area contributed by atoms with Crippen LogP contribution in [-0.2, 0) is 64.3 Å². The number of pyridine rings is 4. The molecule has 1 fully saturated rings. The molecule has 0 atom stereocenters. The second kappa shape index (κ2) is 46.4. The van der Waals surface area contributed by atoms with Crippen molar-refractivity contribution in [1.82, 2.24) is 88.4 Å². The molecule has 3 aliphatic carbocycles. The van der Waals surface area contributed by atoms with Gasteiger partial charge in [-0.1, -0.05) is 84.9 Å². The maximum atomic E-state index is 13.3. The lowest BCUT2D eigenvalue weighted by Crippen LogP contribution is -2.44. The first-order chi connectivity index (χ1) is 70.7. The average Bonchev–Trinajstić information content (AvgIpc) is 0.987. The summed E-state index contributed by atoms with van der Waals surface area (Å²) >= 11 is 0. The van der Waals surface area contributed by atoms with E-state index in [4.69, 9.17) is 26.4 Å². The zero-order valence-corrected chi connectivity index (χ0v) is 83.9. The van der Waals surface area contributed by atoms with Crippen LogP contribution in [-0.4, -0.2) is 210 Å². The molecule has 146 heavy (non-hydrogen) atoms. The summed E-state index contributed by atoms with van der Waals surface area (Å²) < 4.78 is 7.18. The number of benzene rings is 8. The molecule has 8 aromatic heterocycles. The first-order valence-corrected chi connectivity index (χ1v) is 49.7. The van der Waals surface area contributed by atoms with Crippen molar-refractivity contribution in [3.05, 3.63) is 350 Å². The van der Waals surface area contributed by atoms with E-state index in [-0.39, 0.29) is 43.9 Å². The standard InChI is InChI=1S/C30H34N6O2.C29H32N6O2.C28H30N6O2.C26H27N7O2/c1-4-31-29(38)26-19-36(24-14-13-21-10-6-11-22(21)17-24)28-25(27(26)37)18-32-30(34-28)33-23-12-5-8-20(16-23)9-7-15-35(2)3;1-30-28(37)25-18-35(23-13-12-20-9-5-10-21(20)16-23)27-24(26(25)36)17-31-29(33-27)32-22-11-4-7-19(15-22)8-6-14-34(2)3;1-33(2)13-5-7-18-6-3-10-21(14-18)31-28-30-16-23-25(35)24(26(29)36)17-34(27(23)32-28)22-12-11-19-8-4-9-20(19)15-22;1-31-11-13-32(14-12-31)20-9-7-19(8-10-20)29-26-28-15-21-23(34)22(24(27)35)17-33(25(21)30-26)16-18-5-3-2-4-6-18/h5,8,12-14,16-19H,4,6-7,9-11,15H2,1-3H3,(H,31,38)(H,32,33,34);4,7,11-13,15-18H,5-6,8-10,14H2,1-3H3,(H,30,37)(H,31,32,33);3,6,10-12,14-17H,4-5,7-9,13H2,1-2H3,(H2,29,36)(H,30,31,32);2-10,15,17H,11-14,16H2,1H3,(H2,27,35)(H,28,29,30). The fraction of sp³-hybridized carbons (Fsp3) is 0.292. The van der Waals surface area contributed by atoms with Crippen molar-refractivity contribution >= 4 is 120 Å². The summed E-state index contributed by atoms with van der Waals surface area (Å²) in [4.78, 5) is 149. The van der Waals surface area contributed by atoms with Crippen molar-refractivity contribution in [3.63, 3.8) is 0 Å². The molecule has 33 heteroatoms. The van der Waals surface area contributed by atoms with Gasteiger partial charge in [0, 0.05) is 141 Å². The van der Waals surface area contributed by atoms with E-state index in [1.165, 1.54) is 100.0 Å². The fourth-order valence-electron chi connectivity index (χ4n) is 19.0. The number of carbonyl (C=O) groups is 4. The highest BCUT2D eigenvalue weighted by molar-refractivity contribution is 5.99. The van der Waals surface area contributed by atoms with Gasteiger partial charge in [0.1, 0.15) is 27.9 Å². The first kappa shape index (κ1) is 101. The van der Waals surface area contributed by atoms with Gasteiger partial charge in [0.15, 0.2) is 16.9 Å². The van der Waals surface area contributed by atoms with E-state index >= 15 is 0 Å². The number of amides is 4. The number of nitrogens with zero attached hydrogens (tertiary/aromatic N) is 17. The number of likely N-dealkylation sites (N-methyl/N-ethyl adjacent to an activating group) is 1. The number of rotatable bonds is 31. The highest BCUT2D eigenvalue weighted by Gasteiger charge is 2.27. The molecule has 0 spiro atoms. The molecule has 0 radical (unpaired) electrons. The molecule has 0 saturated carbocycles. The molecule has 8 aromatic carbocycles. The largest absolute Gasteiger partial charge is 0.369 e. The van der Waals surface area contributed by atoms with Crippen molar-refractivity contribution < 1.29 is 19.2 Å². The van der Waals surface area contributed by atoms with E-state index in [1.807, 2.05) is 113 Å². The molecule has 4 amide bonds. The van der Waals surface area contributed by atoms with Crippen molar-refractivity contribution in [2.75, 3.05) is 135 Å². The van der Waals surface area contributed by atoms with Gasteiger partial charge < -0.3 is 86.1 Å². The highest BCUT2D eigenvalue weighted by Crippen LogP contribution is 2.33. The summed E-state index contributed by atoms with van der Waals surface area (Å²) in [5.74, 6) is -0.876. The van der Waals surface area contributed by atoms with Gasteiger partial charge in [-0.05, 0) is 325 Å². The minimum Gasteiger partial charge on any atom is -0.369 e. The third-order valence-corrected chi connectivity index (χ3v) is 26.7. The van der Waals surface area contributed by atoms with Gasteiger partial charge >= 0.3 is 0 Å². The molecule has 33 nitrogen and oxygen atoms in total. The molecule has 0 bridgehead atoms. The number of piperazine rings is 1. The topological polar surface area (TPSA) is 400 Å². The number of nitrogens with two attached hydrogens (primary N) is 2. The van der Waals surface area contributed by atoms with E-state index in [0.29, 0.717) is 70.2 Å². The summed E-state index contributed by atoms with van der Waals surface area (Å²) in [6, 6.07) is 61.3. The monoisotopic (exact) mass is 1960 g/mol. The lowest BCUT2D eigenvalue weighted by atomic mass is 10.1. The Kier molecular flexibility index (Phi) is 32.1. The van der Waals surface area contributed by atoms with Gasteiger partial charge in [0.25, 0.3) is 23.6 Å². The fourth-order valence-corrected chi connectivity index (χ4v) is 19.0. The number of hydrogen-bond donors (Lipinski definition) is 8. The van der Waals surface area contributed by atoms with Gasteiger partial charge in [0.05, 0.1) is 21.5 Å². The molecule has 10 N–H and O–H groups in total. The number of primary amides is 2. The van der Waals surface area contributed by atoms with Gasteiger partial charge in [-0.3, -0.25) is 38.4 Å². The maximum Gasteiger partial charge on any atom is 0.256 e. The van der Waals surface area contributed by atoms with Crippen LogP contribution in [0.3, 0.4) is 0 Å². The number of anilines is 9. The second-order valence-corrected chi connectivity index (χ2v) is 38.2. The Bertz CT molecular complexity index is 7810. The van der Waals surface area contributed by atoms with Crippen LogP contribution in [0.25, 0.3) is 61.2 Å². The molecular formula is C113H123N25O8. The predicted molar refractivity (Wildman–Crippen MR) is 578 cm³/mol. The number of aryl methyl sites for hydroxylation is 9. The molecule has 0 unspecified atom stereocenters. The Labute approximate surface area is 846 Å². The maximum absolute atomic E-state index is 13.3. The number of carbonyl (C=O) groups excluding carboxylic acids is 4. The number of nitrogens with one attached hydrogen (secondary N) is 6. The number of hydrogen-bond acceptors (Lipinski definition) is 25. The van der Waals surface area contributed by atoms with Crippen LogP contribution in [0.15, 0.2) is 251 Å². The van der Waals surface area contributed by atoms with Gasteiger partial charge in [-0.15, -0.1) is 0 Å². The minimum absolute atomic E-state index is 0.0604. The quantitative estimate of drug-likeness (QED) is 0.0200. The van der Waals surface area contributed by atoms with E-state index in [9.17, 15) is 38.4 Å². The summed E-state index contributed by atoms with van der Waals surface area (Å²) in [6.45, 7) is 9.88. The third kappa shape index (κ3) is 24.4. The van der Waals surface area contributed by atoms with Crippen molar-refractivity contribution in [2.24, 2.45) is 11.5 Å². The third-order valence-electron chi connectivity index (χ3n) is 26.7. The lowest BCUT2D eigenvalue weighted by Gasteiger charge is -2.34. The zero-order valence-electron chi connectivity index (χ0n) is 83.9. The molecule has 1 aliphatic heterocycles. The Balaban J connectivity index is 0.000000133. The van der Waals surface area contributed by atoms with Crippen LogP contribution < -0.4 is 70.0 Å². The van der Waals surface area contributed by atoms with E-state index < -0.39 is 34.5 Å². The highest BCUT2D eigenvalue weighted by atomic mass is 16.2. The predicted octanol–water partition coefficient (Wildman–Crippen LogP) is 14.2. The minimum atomic E-state index is -0.777. The normalized spacial score (nSPS) is 13.1. The van der Waals surface area contributed by atoms with Gasteiger partial charge in [-0.2, -0.15) is 19.9 Å². The van der Waals surface area contributed by atoms with Crippen LogP contribution in [0.2, 0.25) is 0 Å². The van der Waals surface area contributed by atoms with Crippen LogP contribution in [0.4, 0.5) is 52.2 Å². The second-order valence-electron chi connectivity index (χ2n) is 38.2.